The standard InChI is InChI=1S/C15H31N/c1-6-14-9-7-8-10-15(14)12(4)13(5)16-11(2)3/h11-16H,6-10H2,1-5H3. The summed E-state index contributed by atoms with van der Waals surface area (Å²) in [6.07, 6.45) is 7.24. The van der Waals surface area contributed by atoms with Crippen LogP contribution in [0.2, 0.25) is 0 Å². The van der Waals surface area contributed by atoms with Gasteiger partial charge in [-0.2, -0.15) is 0 Å². The summed E-state index contributed by atoms with van der Waals surface area (Å²) < 4.78 is 0. The van der Waals surface area contributed by atoms with Gasteiger partial charge in [0.1, 0.15) is 0 Å². The summed E-state index contributed by atoms with van der Waals surface area (Å²) in [5, 5.41) is 3.68. The minimum Gasteiger partial charge on any atom is -0.312 e. The van der Waals surface area contributed by atoms with Gasteiger partial charge in [0, 0.05) is 12.1 Å². The van der Waals surface area contributed by atoms with Gasteiger partial charge < -0.3 is 5.32 Å². The molecule has 0 aromatic carbocycles. The molecular formula is C15H31N. The molecular weight excluding hydrogens is 194 g/mol. The average molecular weight is 225 g/mol. The van der Waals surface area contributed by atoms with Gasteiger partial charge in [-0.15, -0.1) is 0 Å². The second kappa shape index (κ2) is 6.64. The highest BCUT2D eigenvalue weighted by Gasteiger charge is 2.30. The van der Waals surface area contributed by atoms with E-state index in [9.17, 15) is 0 Å². The van der Waals surface area contributed by atoms with Crippen molar-refractivity contribution in [3.8, 4) is 0 Å². The van der Waals surface area contributed by atoms with E-state index in [1.807, 2.05) is 0 Å². The van der Waals surface area contributed by atoms with E-state index >= 15 is 0 Å². The highest BCUT2D eigenvalue weighted by molar-refractivity contribution is 4.83. The van der Waals surface area contributed by atoms with Crippen molar-refractivity contribution in [2.24, 2.45) is 17.8 Å². The van der Waals surface area contributed by atoms with E-state index in [-0.39, 0.29) is 0 Å². The van der Waals surface area contributed by atoms with Gasteiger partial charge >= 0.3 is 0 Å². The summed E-state index contributed by atoms with van der Waals surface area (Å²) in [6.45, 7) is 11.7. The SMILES string of the molecule is CCC1CCCCC1C(C)C(C)NC(C)C. The predicted molar refractivity (Wildman–Crippen MR) is 72.6 cm³/mol. The zero-order valence-corrected chi connectivity index (χ0v) is 11.9. The van der Waals surface area contributed by atoms with E-state index in [0.29, 0.717) is 12.1 Å². The lowest BCUT2D eigenvalue weighted by molar-refractivity contribution is 0.138. The first-order valence-corrected chi connectivity index (χ1v) is 7.32. The molecule has 1 N–H and O–H groups in total. The summed E-state index contributed by atoms with van der Waals surface area (Å²) >= 11 is 0. The summed E-state index contributed by atoms with van der Waals surface area (Å²) in [7, 11) is 0. The summed E-state index contributed by atoms with van der Waals surface area (Å²) in [5.41, 5.74) is 0. The van der Waals surface area contributed by atoms with E-state index in [1.54, 1.807) is 0 Å². The molecule has 1 aliphatic rings. The van der Waals surface area contributed by atoms with Crippen molar-refractivity contribution in [1.82, 2.24) is 5.32 Å². The molecule has 16 heavy (non-hydrogen) atoms. The number of hydrogen-bond acceptors (Lipinski definition) is 1. The van der Waals surface area contributed by atoms with Gasteiger partial charge in [0.25, 0.3) is 0 Å². The van der Waals surface area contributed by atoms with Gasteiger partial charge in [0.15, 0.2) is 0 Å². The van der Waals surface area contributed by atoms with Gasteiger partial charge in [-0.1, -0.05) is 53.4 Å². The van der Waals surface area contributed by atoms with Gasteiger partial charge in [-0.25, -0.2) is 0 Å². The fraction of sp³-hybridized carbons (Fsp3) is 1.00. The third kappa shape index (κ3) is 3.76. The summed E-state index contributed by atoms with van der Waals surface area (Å²) in [5.74, 6) is 2.77. The molecule has 4 atom stereocenters. The van der Waals surface area contributed by atoms with Gasteiger partial charge in [-0.05, 0) is 31.1 Å². The van der Waals surface area contributed by atoms with Crippen LogP contribution >= 0.6 is 0 Å². The molecule has 0 aromatic rings. The van der Waals surface area contributed by atoms with E-state index in [4.69, 9.17) is 0 Å². The molecule has 1 saturated carbocycles. The van der Waals surface area contributed by atoms with Crippen LogP contribution in [0.25, 0.3) is 0 Å². The Morgan fingerprint density at radius 3 is 2.25 bits per heavy atom. The van der Waals surface area contributed by atoms with Crippen LogP contribution in [0.15, 0.2) is 0 Å². The Morgan fingerprint density at radius 1 is 1.06 bits per heavy atom. The van der Waals surface area contributed by atoms with Gasteiger partial charge in [0.05, 0.1) is 0 Å². The fourth-order valence-corrected chi connectivity index (χ4v) is 3.48. The Labute approximate surface area is 102 Å². The largest absolute Gasteiger partial charge is 0.312 e. The molecule has 96 valence electrons. The lowest BCUT2D eigenvalue weighted by atomic mass is 9.70. The lowest BCUT2D eigenvalue weighted by Gasteiger charge is -2.38. The van der Waals surface area contributed by atoms with Crippen LogP contribution in [0.5, 0.6) is 0 Å². The number of rotatable bonds is 5. The number of nitrogens with one attached hydrogen (secondary N) is 1. The molecule has 0 radical (unpaired) electrons. The van der Waals surface area contributed by atoms with Crippen molar-refractivity contribution in [3.05, 3.63) is 0 Å². The molecule has 0 bridgehead atoms. The van der Waals surface area contributed by atoms with E-state index < -0.39 is 0 Å². The third-order valence-corrected chi connectivity index (χ3v) is 4.55. The van der Waals surface area contributed by atoms with Crippen LogP contribution < -0.4 is 5.32 Å². The normalized spacial score (nSPS) is 30.4. The average Bonchev–Trinajstić information content (AvgIpc) is 2.27. The molecule has 1 aliphatic carbocycles. The predicted octanol–water partition coefficient (Wildman–Crippen LogP) is 4.23. The zero-order chi connectivity index (χ0) is 12.1. The molecule has 1 heteroatoms. The minimum absolute atomic E-state index is 0.612. The van der Waals surface area contributed by atoms with Crippen LogP contribution in [0, 0.1) is 17.8 Å². The van der Waals surface area contributed by atoms with Crippen LogP contribution in [-0.4, -0.2) is 12.1 Å². The molecule has 1 rings (SSSR count). The topological polar surface area (TPSA) is 12.0 Å². The Bertz CT molecular complexity index is 188. The first-order chi connectivity index (χ1) is 7.56. The van der Waals surface area contributed by atoms with Crippen molar-refractivity contribution >= 4 is 0 Å². The maximum absolute atomic E-state index is 3.68. The van der Waals surface area contributed by atoms with E-state index in [1.165, 1.54) is 32.1 Å². The van der Waals surface area contributed by atoms with Crippen LogP contribution in [0.1, 0.15) is 66.7 Å². The molecule has 0 saturated heterocycles. The zero-order valence-electron chi connectivity index (χ0n) is 11.9. The Kier molecular flexibility index (Phi) is 5.82. The highest BCUT2D eigenvalue weighted by Crippen LogP contribution is 2.38. The Balaban J connectivity index is 2.52. The third-order valence-electron chi connectivity index (χ3n) is 4.55. The highest BCUT2D eigenvalue weighted by atomic mass is 14.9. The van der Waals surface area contributed by atoms with Crippen molar-refractivity contribution in [2.75, 3.05) is 0 Å². The fourth-order valence-electron chi connectivity index (χ4n) is 3.48. The van der Waals surface area contributed by atoms with Gasteiger partial charge in [-0.3, -0.25) is 0 Å². The van der Waals surface area contributed by atoms with Crippen molar-refractivity contribution in [1.29, 1.82) is 0 Å². The quantitative estimate of drug-likeness (QED) is 0.738. The van der Waals surface area contributed by atoms with Crippen molar-refractivity contribution in [3.63, 3.8) is 0 Å². The first kappa shape index (κ1) is 14.0. The molecule has 4 unspecified atom stereocenters. The van der Waals surface area contributed by atoms with Crippen molar-refractivity contribution in [2.45, 2.75) is 78.8 Å². The molecule has 0 amide bonds. The Hall–Kier alpha value is -0.0400. The van der Waals surface area contributed by atoms with Crippen LogP contribution in [-0.2, 0) is 0 Å². The monoisotopic (exact) mass is 225 g/mol. The van der Waals surface area contributed by atoms with Crippen LogP contribution in [0.4, 0.5) is 0 Å². The molecule has 0 aliphatic heterocycles. The van der Waals surface area contributed by atoms with E-state index in [0.717, 1.165) is 17.8 Å². The lowest BCUT2D eigenvalue weighted by Crippen LogP contribution is -2.42. The number of hydrogen-bond donors (Lipinski definition) is 1. The van der Waals surface area contributed by atoms with E-state index in [2.05, 4.69) is 39.9 Å². The summed E-state index contributed by atoms with van der Waals surface area (Å²) in [4.78, 5) is 0. The molecule has 0 aromatic heterocycles. The van der Waals surface area contributed by atoms with Gasteiger partial charge in [0.2, 0.25) is 0 Å². The minimum atomic E-state index is 0.612. The maximum Gasteiger partial charge on any atom is 0.00694 e. The first-order valence-electron chi connectivity index (χ1n) is 7.32. The molecule has 1 fully saturated rings. The summed E-state index contributed by atoms with van der Waals surface area (Å²) in [6, 6.07) is 1.28. The molecule has 0 spiro atoms. The molecule has 0 heterocycles. The molecule has 1 nitrogen and oxygen atoms in total. The Morgan fingerprint density at radius 2 is 1.69 bits per heavy atom. The smallest absolute Gasteiger partial charge is 0.00694 e. The second-order valence-corrected chi connectivity index (χ2v) is 6.09. The van der Waals surface area contributed by atoms with Crippen LogP contribution in [0.3, 0.4) is 0 Å². The second-order valence-electron chi connectivity index (χ2n) is 6.09. The maximum atomic E-state index is 3.68. The van der Waals surface area contributed by atoms with Crippen molar-refractivity contribution < 1.29 is 0 Å².